The van der Waals surface area contributed by atoms with Crippen LogP contribution in [-0.2, 0) is 4.79 Å². The van der Waals surface area contributed by atoms with Gasteiger partial charge in [0.2, 0.25) is 5.91 Å². The number of nitrogens with one attached hydrogen (secondary N) is 1. The number of aryl methyl sites for hydroxylation is 1. The van der Waals surface area contributed by atoms with E-state index >= 15 is 0 Å². The van der Waals surface area contributed by atoms with Gasteiger partial charge in [0, 0.05) is 0 Å². The molecule has 0 bridgehead atoms. The molecule has 2 aromatic rings. The molecule has 0 radical (unpaired) electrons. The molecule has 0 aliphatic heterocycles. The van der Waals surface area contributed by atoms with Crippen LogP contribution in [0.1, 0.15) is 12.0 Å². The van der Waals surface area contributed by atoms with Crippen LogP contribution in [0.15, 0.2) is 42.5 Å². The maximum atomic E-state index is 11.8. The van der Waals surface area contributed by atoms with E-state index in [0.29, 0.717) is 22.3 Å². The van der Waals surface area contributed by atoms with Gasteiger partial charge in [0.15, 0.2) is 0 Å². The Hall–Kier alpha value is -1.71. The van der Waals surface area contributed by atoms with Gasteiger partial charge in [-0.1, -0.05) is 41.4 Å². The van der Waals surface area contributed by atoms with Crippen LogP contribution in [0, 0.1) is 6.92 Å². The molecule has 0 heterocycles. The van der Waals surface area contributed by atoms with Crippen LogP contribution in [-0.4, -0.2) is 12.5 Å². The first kappa shape index (κ1) is 15.7. The minimum atomic E-state index is -0.174. The van der Waals surface area contributed by atoms with E-state index in [1.807, 2.05) is 31.2 Å². The summed E-state index contributed by atoms with van der Waals surface area (Å²) < 4.78 is 5.53. The molecule has 2 rings (SSSR count). The van der Waals surface area contributed by atoms with Crippen molar-refractivity contribution in [3.63, 3.8) is 0 Å². The molecule has 0 unspecified atom stereocenters. The zero-order valence-corrected chi connectivity index (χ0v) is 13.0. The summed E-state index contributed by atoms with van der Waals surface area (Å²) in [5, 5.41) is 3.46. The summed E-state index contributed by atoms with van der Waals surface area (Å²) in [5.41, 5.74) is 1.62. The first-order valence-electron chi connectivity index (χ1n) is 6.49. The molecule has 1 N–H and O–H groups in total. The standard InChI is InChI=1S/C16H15Cl2NO2/c1-11-4-2-5-12(10-11)21-9-8-15(20)19-14-7-3-6-13(17)16(14)18/h2-7,10H,8-9H2,1H3,(H,19,20). The average molecular weight is 324 g/mol. The summed E-state index contributed by atoms with van der Waals surface area (Å²) in [7, 11) is 0. The van der Waals surface area contributed by atoms with Gasteiger partial charge in [-0.25, -0.2) is 0 Å². The number of carbonyl (C=O) groups excluding carboxylic acids is 1. The first-order valence-corrected chi connectivity index (χ1v) is 7.25. The van der Waals surface area contributed by atoms with Crippen LogP contribution in [0.2, 0.25) is 10.0 Å². The zero-order chi connectivity index (χ0) is 15.2. The van der Waals surface area contributed by atoms with Crippen molar-refractivity contribution in [1.29, 1.82) is 0 Å². The molecule has 1 amide bonds. The smallest absolute Gasteiger partial charge is 0.227 e. The number of amides is 1. The SMILES string of the molecule is Cc1cccc(OCCC(=O)Nc2cccc(Cl)c2Cl)c1. The van der Waals surface area contributed by atoms with E-state index in [-0.39, 0.29) is 12.3 Å². The van der Waals surface area contributed by atoms with Gasteiger partial charge < -0.3 is 10.1 Å². The lowest BCUT2D eigenvalue weighted by molar-refractivity contribution is -0.116. The minimum absolute atomic E-state index is 0.174. The van der Waals surface area contributed by atoms with Crippen LogP contribution < -0.4 is 10.1 Å². The number of benzene rings is 2. The predicted octanol–water partition coefficient (Wildman–Crippen LogP) is 4.71. The van der Waals surface area contributed by atoms with Gasteiger partial charge in [0.25, 0.3) is 0 Å². The molecule has 3 nitrogen and oxygen atoms in total. The summed E-state index contributed by atoms with van der Waals surface area (Å²) in [6.45, 7) is 2.29. The molecule has 2 aromatic carbocycles. The first-order chi connectivity index (χ1) is 10.1. The largest absolute Gasteiger partial charge is 0.493 e. The van der Waals surface area contributed by atoms with Gasteiger partial charge in [-0.2, -0.15) is 0 Å². The van der Waals surface area contributed by atoms with Crippen molar-refractivity contribution in [3.05, 3.63) is 58.1 Å². The van der Waals surface area contributed by atoms with Gasteiger partial charge in [-0.05, 0) is 36.8 Å². The number of hydrogen-bond donors (Lipinski definition) is 1. The van der Waals surface area contributed by atoms with E-state index < -0.39 is 0 Å². The van der Waals surface area contributed by atoms with Crippen molar-refractivity contribution >= 4 is 34.8 Å². The topological polar surface area (TPSA) is 38.3 Å². The van der Waals surface area contributed by atoms with Crippen LogP contribution in [0.4, 0.5) is 5.69 Å². The second-order valence-corrected chi connectivity index (χ2v) is 5.35. The number of carbonyl (C=O) groups is 1. The molecule has 21 heavy (non-hydrogen) atoms. The van der Waals surface area contributed by atoms with Gasteiger partial charge in [-0.15, -0.1) is 0 Å². The summed E-state index contributed by atoms with van der Waals surface area (Å²) in [6.07, 6.45) is 0.233. The van der Waals surface area contributed by atoms with Crippen molar-refractivity contribution in [2.24, 2.45) is 0 Å². The Bertz CT molecular complexity index is 644. The van der Waals surface area contributed by atoms with Crippen molar-refractivity contribution in [2.45, 2.75) is 13.3 Å². The Morgan fingerprint density at radius 1 is 1.19 bits per heavy atom. The monoisotopic (exact) mass is 323 g/mol. The highest BCUT2D eigenvalue weighted by atomic mass is 35.5. The number of hydrogen-bond acceptors (Lipinski definition) is 2. The maximum absolute atomic E-state index is 11.8. The molecule has 0 spiro atoms. The molecule has 0 aliphatic carbocycles. The molecular weight excluding hydrogens is 309 g/mol. The molecule has 5 heteroatoms. The van der Waals surface area contributed by atoms with Crippen LogP contribution in [0.3, 0.4) is 0 Å². The van der Waals surface area contributed by atoms with Crippen LogP contribution >= 0.6 is 23.2 Å². The van der Waals surface area contributed by atoms with Crippen molar-refractivity contribution in [3.8, 4) is 5.75 Å². The van der Waals surface area contributed by atoms with E-state index in [4.69, 9.17) is 27.9 Å². The second kappa shape index (κ2) is 7.34. The average Bonchev–Trinajstić information content (AvgIpc) is 2.44. The molecular formula is C16H15Cl2NO2. The normalized spacial score (nSPS) is 10.2. The third-order valence-electron chi connectivity index (χ3n) is 2.81. The lowest BCUT2D eigenvalue weighted by Gasteiger charge is -2.09. The third kappa shape index (κ3) is 4.66. The summed E-state index contributed by atoms with van der Waals surface area (Å²) >= 11 is 11.9. The van der Waals surface area contributed by atoms with E-state index in [2.05, 4.69) is 5.32 Å². The Labute approximate surface area is 133 Å². The van der Waals surface area contributed by atoms with Gasteiger partial charge in [-0.3, -0.25) is 4.79 Å². The molecule has 0 atom stereocenters. The summed E-state index contributed by atoms with van der Waals surface area (Å²) in [4.78, 5) is 11.8. The number of ether oxygens (including phenoxy) is 1. The quantitative estimate of drug-likeness (QED) is 0.865. The Kier molecular flexibility index (Phi) is 5.48. The lowest BCUT2D eigenvalue weighted by atomic mass is 10.2. The third-order valence-corrected chi connectivity index (χ3v) is 3.63. The van der Waals surface area contributed by atoms with Crippen molar-refractivity contribution < 1.29 is 9.53 Å². The van der Waals surface area contributed by atoms with E-state index in [1.165, 1.54) is 0 Å². The number of halogens is 2. The Morgan fingerprint density at radius 2 is 1.95 bits per heavy atom. The highest BCUT2D eigenvalue weighted by Crippen LogP contribution is 2.29. The van der Waals surface area contributed by atoms with Crippen LogP contribution in [0.5, 0.6) is 5.75 Å². The molecule has 0 saturated carbocycles. The number of rotatable bonds is 5. The Morgan fingerprint density at radius 3 is 2.71 bits per heavy atom. The fourth-order valence-corrected chi connectivity index (χ4v) is 2.13. The fraction of sp³-hybridized carbons (Fsp3) is 0.188. The molecule has 0 saturated heterocycles. The van der Waals surface area contributed by atoms with E-state index in [9.17, 15) is 4.79 Å². The zero-order valence-electron chi connectivity index (χ0n) is 11.5. The summed E-state index contributed by atoms with van der Waals surface area (Å²) in [5.74, 6) is 0.579. The van der Waals surface area contributed by atoms with Crippen molar-refractivity contribution in [2.75, 3.05) is 11.9 Å². The van der Waals surface area contributed by atoms with Gasteiger partial charge >= 0.3 is 0 Å². The molecule has 0 aliphatic rings. The van der Waals surface area contributed by atoms with Crippen LogP contribution in [0.25, 0.3) is 0 Å². The summed E-state index contributed by atoms with van der Waals surface area (Å²) in [6, 6.07) is 12.8. The molecule has 110 valence electrons. The highest BCUT2D eigenvalue weighted by Gasteiger charge is 2.08. The fourth-order valence-electron chi connectivity index (χ4n) is 1.78. The predicted molar refractivity (Wildman–Crippen MR) is 86.4 cm³/mol. The Balaban J connectivity index is 1.84. The van der Waals surface area contributed by atoms with Gasteiger partial charge in [0.1, 0.15) is 5.75 Å². The lowest BCUT2D eigenvalue weighted by Crippen LogP contribution is -2.15. The maximum Gasteiger partial charge on any atom is 0.227 e. The minimum Gasteiger partial charge on any atom is -0.493 e. The molecule has 0 aromatic heterocycles. The molecule has 0 fully saturated rings. The second-order valence-electron chi connectivity index (χ2n) is 4.56. The highest BCUT2D eigenvalue weighted by molar-refractivity contribution is 6.43. The number of anilines is 1. The van der Waals surface area contributed by atoms with Crippen molar-refractivity contribution in [1.82, 2.24) is 0 Å². The van der Waals surface area contributed by atoms with E-state index in [1.54, 1.807) is 18.2 Å². The van der Waals surface area contributed by atoms with E-state index in [0.717, 1.165) is 11.3 Å². The van der Waals surface area contributed by atoms with Gasteiger partial charge in [0.05, 0.1) is 28.8 Å².